The normalized spacial score (nSPS) is 22.8. The number of carboxylic acids is 1. The number of carbonyl (C=O) groups excluding carboxylic acids is 1. The van der Waals surface area contributed by atoms with E-state index in [2.05, 4.69) is 16.7 Å². The quantitative estimate of drug-likeness (QED) is 0.197. The number of hydrogen-bond acceptors (Lipinski definition) is 5. The first-order valence-electron chi connectivity index (χ1n) is 12.4. The number of aliphatic carboxylic acids is 1. The Kier molecular flexibility index (Phi) is 10.4. The molecule has 2 aliphatic carbocycles. The fraction of sp³-hybridized carbons (Fsp3) is 0.615. The molecule has 2 fully saturated rings. The number of benzene rings is 1. The molecule has 1 aromatic rings. The molecule has 33 heavy (non-hydrogen) atoms. The van der Waals surface area contributed by atoms with Crippen LogP contribution in [0.15, 0.2) is 30.3 Å². The molecule has 3 rings (SSSR count). The van der Waals surface area contributed by atoms with Crippen molar-refractivity contribution in [1.82, 2.24) is 16.1 Å². The average molecular weight is 458 g/mol. The molecular weight excluding hydrogens is 418 g/mol. The van der Waals surface area contributed by atoms with Crippen LogP contribution in [-0.2, 0) is 16.1 Å². The van der Waals surface area contributed by atoms with Crippen molar-refractivity contribution in [2.45, 2.75) is 70.4 Å². The molecule has 0 radical (unpaired) electrons. The van der Waals surface area contributed by atoms with Crippen molar-refractivity contribution in [1.29, 1.82) is 0 Å². The summed E-state index contributed by atoms with van der Waals surface area (Å²) in [5.41, 5.74) is 3.66. The van der Waals surface area contributed by atoms with Crippen molar-refractivity contribution < 1.29 is 19.9 Å². The summed E-state index contributed by atoms with van der Waals surface area (Å²) in [5, 5.41) is 25.2. The van der Waals surface area contributed by atoms with Crippen LogP contribution in [0, 0.1) is 17.8 Å². The second kappa shape index (κ2) is 13.5. The van der Waals surface area contributed by atoms with Crippen LogP contribution in [0.2, 0.25) is 0 Å². The molecule has 7 nitrogen and oxygen atoms in total. The molecule has 1 aromatic carbocycles. The molecule has 0 bridgehead atoms. The lowest BCUT2D eigenvalue weighted by molar-refractivity contribution is -0.141. The van der Waals surface area contributed by atoms with Gasteiger partial charge in [-0.3, -0.25) is 14.8 Å². The van der Waals surface area contributed by atoms with Gasteiger partial charge in [-0.2, -0.15) is 0 Å². The zero-order valence-corrected chi connectivity index (χ0v) is 19.5. The molecule has 0 aromatic heterocycles. The van der Waals surface area contributed by atoms with Gasteiger partial charge in [0.15, 0.2) is 0 Å². The molecule has 0 saturated heterocycles. The van der Waals surface area contributed by atoms with Crippen molar-refractivity contribution in [3.05, 3.63) is 41.5 Å². The summed E-state index contributed by atoms with van der Waals surface area (Å²) in [6, 6.07) is 7.59. The number of carbonyl (C=O) groups is 2. The van der Waals surface area contributed by atoms with Crippen LogP contribution in [0.25, 0.3) is 6.08 Å². The Labute approximate surface area is 197 Å². The molecule has 2 aliphatic rings. The van der Waals surface area contributed by atoms with E-state index in [1.165, 1.54) is 25.3 Å². The second-order valence-electron chi connectivity index (χ2n) is 9.69. The van der Waals surface area contributed by atoms with Crippen LogP contribution in [0.5, 0.6) is 0 Å². The number of hydrogen-bond donors (Lipinski definition) is 5. The Morgan fingerprint density at radius 1 is 1.00 bits per heavy atom. The third kappa shape index (κ3) is 8.57. The minimum absolute atomic E-state index is 0.289. The smallest absolute Gasteiger partial charge is 0.320 e. The summed E-state index contributed by atoms with van der Waals surface area (Å²) in [6.07, 6.45) is 13.3. The van der Waals surface area contributed by atoms with E-state index in [1.54, 1.807) is 11.6 Å². The maximum Gasteiger partial charge on any atom is 0.320 e. The number of amides is 1. The first kappa shape index (κ1) is 25.4. The van der Waals surface area contributed by atoms with Crippen LogP contribution in [0.1, 0.15) is 68.9 Å². The van der Waals surface area contributed by atoms with E-state index < -0.39 is 11.9 Å². The van der Waals surface area contributed by atoms with Gasteiger partial charge in [-0.1, -0.05) is 43.5 Å². The molecule has 2 saturated carbocycles. The van der Waals surface area contributed by atoms with Crippen LogP contribution in [0.3, 0.4) is 0 Å². The summed E-state index contributed by atoms with van der Waals surface area (Å²) >= 11 is 0. The maximum atomic E-state index is 11.8. The van der Waals surface area contributed by atoms with Crippen molar-refractivity contribution in [3.63, 3.8) is 0 Å². The van der Waals surface area contributed by atoms with Crippen molar-refractivity contribution in [2.75, 3.05) is 13.1 Å². The lowest BCUT2D eigenvalue weighted by Crippen LogP contribution is -2.45. The van der Waals surface area contributed by atoms with E-state index >= 15 is 0 Å². The predicted octanol–water partition coefficient (Wildman–Crippen LogP) is 3.72. The number of nitrogens with one attached hydrogen (secondary N) is 3. The highest BCUT2D eigenvalue weighted by Crippen LogP contribution is 2.30. The van der Waals surface area contributed by atoms with Gasteiger partial charge in [-0.05, 0) is 86.6 Å². The first-order valence-corrected chi connectivity index (χ1v) is 12.4. The van der Waals surface area contributed by atoms with Gasteiger partial charge in [0.2, 0.25) is 0 Å². The summed E-state index contributed by atoms with van der Waals surface area (Å²) in [7, 11) is 0. The van der Waals surface area contributed by atoms with Crippen LogP contribution in [0.4, 0.5) is 0 Å². The maximum absolute atomic E-state index is 11.8. The molecule has 0 heterocycles. The fourth-order valence-electron chi connectivity index (χ4n) is 5.29. The Bertz CT molecular complexity index is 783. The lowest BCUT2D eigenvalue weighted by Gasteiger charge is -2.32. The second-order valence-corrected chi connectivity index (χ2v) is 9.69. The fourth-order valence-corrected chi connectivity index (χ4v) is 5.29. The Morgan fingerprint density at radius 2 is 1.70 bits per heavy atom. The summed E-state index contributed by atoms with van der Waals surface area (Å²) in [5.74, 6) is 0.294. The van der Waals surface area contributed by atoms with Crippen LogP contribution in [-0.4, -0.2) is 41.3 Å². The average Bonchev–Trinajstić information content (AvgIpc) is 2.84. The first-order chi connectivity index (χ1) is 16.0. The van der Waals surface area contributed by atoms with E-state index in [1.807, 2.05) is 18.2 Å². The van der Waals surface area contributed by atoms with Crippen molar-refractivity contribution >= 4 is 18.0 Å². The largest absolute Gasteiger partial charge is 0.480 e. The minimum atomic E-state index is -0.684. The third-order valence-electron chi connectivity index (χ3n) is 7.23. The highest BCUT2D eigenvalue weighted by Gasteiger charge is 2.30. The van der Waals surface area contributed by atoms with Gasteiger partial charge in [-0.15, -0.1) is 0 Å². The molecule has 1 amide bonds. The Hall–Kier alpha value is -2.22. The van der Waals surface area contributed by atoms with E-state index in [4.69, 9.17) is 5.21 Å². The van der Waals surface area contributed by atoms with E-state index in [-0.39, 0.29) is 12.0 Å². The van der Waals surface area contributed by atoms with E-state index in [0.717, 1.165) is 69.3 Å². The summed E-state index contributed by atoms with van der Waals surface area (Å²) in [4.78, 5) is 22.9. The minimum Gasteiger partial charge on any atom is -0.480 e. The zero-order chi connectivity index (χ0) is 23.5. The zero-order valence-electron chi connectivity index (χ0n) is 19.5. The molecule has 1 atom stereocenters. The van der Waals surface area contributed by atoms with E-state index in [9.17, 15) is 14.7 Å². The van der Waals surface area contributed by atoms with Gasteiger partial charge in [0.25, 0.3) is 5.91 Å². The van der Waals surface area contributed by atoms with Gasteiger partial charge in [0, 0.05) is 12.6 Å². The predicted molar refractivity (Wildman–Crippen MR) is 129 cm³/mol. The number of hydroxylamine groups is 1. The third-order valence-corrected chi connectivity index (χ3v) is 7.23. The molecule has 182 valence electrons. The Morgan fingerprint density at radius 3 is 2.36 bits per heavy atom. The van der Waals surface area contributed by atoms with Crippen molar-refractivity contribution in [3.8, 4) is 0 Å². The molecular formula is C26H39N3O4. The number of carboxylic acid groups (broad SMARTS) is 1. The van der Waals surface area contributed by atoms with E-state index in [0.29, 0.717) is 11.8 Å². The van der Waals surface area contributed by atoms with Crippen LogP contribution < -0.4 is 16.1 Å². The molecule has 5 N–H and O–H groups in total. The highest BCUT2D eigenvalue weighted by atomic mass is 16.5. The monoisotopic (exact) mass is 457 g/mol. The van der Waals surface area contributed by atoms with Gasteiger partial charge in [-0.25, -0.2) is 5.48 Å². The standard InChI is InChI=1S/C26H39N3O4/c30-24(29-33)14-13-19-5-4-6-22(15-19)17-27-16-20-9-11-21(12-10-20)18-28-25(26(31)32)23-7-2-1-3-8-23/h4-6,13-15,20-21,23,25,27-28,33H,1-3,7-12,16-18H2,(H,29,30)(H,31,32)/t20?,21?,25-/m0/s1. The molecule has 0 unspecified atom stereocenters. The summed E-state index contributed by atoms with van der Waals surface area (Å²) < 4.78 is 0. The van der Waals surface area contributed by atoms with Gasteiger partial charge < -0.3 is 15.7 Å². The van der Waals surface area contributed by atoms with Gasteiger partial charge in [0.05, 0.1) is 0 Å². The molecule has 0 spiro atoms. The summed E-state index contributed by atoms with van der Waals surface area (Å²) in [6.45, 7) is 2.58. The number of rotatable bonds is 11. The van der Waals surface area contributed by atoms with Gasteiger partial charge in [0.1, 0.15) is 6.04 Å². The SMILES string of the molecule is O=C(C=Cc1cccc(CNCC2CCC(CN[C@H](C(=O)O)C3CCCCC3)CC2)c1)NO. The molecule has 0 aliphatic heterocycles. The topological polar surface area (TPSA) is 111 Å². The van der Waals surface area contributed by atoms with Crippen molar-refractivity contribution in [2.24, 2.45) is 17.8 Å². The Balaban J connectivity index is 1.35. The molecule has 7 heteroatoms. The van der Waals surface area contributed by atoms with Crippen LogP contribution >= 0.6 is 0 Å². The van der Waals surface area contributed by atoms with Gasteiger partial charge >= 0.3 is 5.97 Å². The lowest BCUT2D eigenvalue weighted by atomic mass is 9.81. The highest BCUT2D eigenvalue weighted by molar-refractivity contribution is 5.90.